The second kappa shape index (κ2) is 11.4. The third kappa shape index (κ3) is 18.4. The number of carbonyl (C=O) groups is 1. The van der Waals surface area contributed by atoms with Crippen LogP contribution in [0.5, 0.6) is 0 Å². The Morgan fingerprint density at radius 3 is 2.08 bits per heavy atom. The Balaban J connectivity index is 0. The zero-order valence-corrected chi connectivity index (χ0v) is 8.87. The molecule has 0 fully saturated rings. The summed E-state index contributed by atoms with van der Waals surface area (Å²) in [5.74, 6) is -0.211. The maximum Gasteiger partial charge on any atom is 0.302 e. The van der Waals surface area contributed by atoms with Crippen molar-refractivity contribution in [2.45, 2.75) is 39.9 Å². The van der Waals surface area contributed by atoms with Crippen LogP contribution in [0, 0.1) is 0 Å². The number of methoxy groups -OCH3 is 1. The third-order valence-electron chi connectivity index (χ3n) is 1.16. The number of hydrogen-bond acceptors (Lipinski definition) is 4. The smallest absolute Gasteiger partial charge is 0.302 e. The molecule has 13 heavy (non-hydrogen) atoms. The molecule has 0 radical (unpaired) electrons. The first kappa shape index (κ1) is 14.9. The molecular weight excluding hydrogens is 172 g/mol. The molecule has 1 atom stereocenters. The van der Waals surface area contributed by atoms with E-state index in [0.29, 0.717) is 6.61 Å². The Labute approximate surface area is 79.8 Å². The summed E-state index contributed by atoms with van der Waals surface area (Å²) in [7, 11) is 1.50. The molecule has 0 spiro atoms. The second-order valence-corrected chi connectivity index (χ2v) is 2.40. The van der Waals surface area contributed by atoms with Crippen molar-refractivity contribution in [3.63, 3.8) is 0 Å². The molecule has 0 aliphatic carbocycles. The lowest BCUT2D eigenvalue weighted by atomic mass is 10.3. The molecule has 80 valence electrons. The zero-order chi connectivity index (χ0) is 10.7. The first-order valence-corrected chi connectivity index (χ1v) is 4.42. The SMILES string of the molecule is CCCC(O)OC.CCOC(C)=O. The van der Waals surface area contributed by atoms with Crippen molar-refractivity contribution >= 4 is 5.97 Å². The quantitative estimate of drug-likeness (QED) is 0.539. The Bertz CT molecular complexity index is 114. The van der Waals surface area contributed by atoms with E-state index in [9.17, 15) is 4.79 Å². The van der Waals surface area contributed by atoms with Crippen LogP contribution >= 0.6 is 0 Å². The van der Waals surface area contributed by atoms with Crippen LogP contribution in [0.4, 0.5) is 0 Å². The molecule has 4 nitrogen and oxygen atoms in total. The minimum Gasteiger partial charge on any atom is -0.466 e. The van der Waals surface area contributed by atoms with E-state index < -0.39 is 6.29 Å². The molecule has 0 aromatic heterocycles. The Kier molecular flexibility index (Phi) is 13.0. The van der Waals surface area contributed by atoms with Crippen molar-refractivity contribution in [1.29, 1.82) is 0 Å². The Morgan fingerprint density at radius 1 is 1.46 bits per heavy atom. The van der Waals surface area contributed by atoms with Crippen molar-refractivity contribution in [3.8, 4) is 0 Å². The monoisotopic (exact) mass is 192 g/mol. The van der Waals surface area contributed by atoms with Gasteiger partial charge in [0.15, 0.2) is 6.29 Å². The summed E-state index contributed by atoms with van der Waals surface area (Å²) in [6, 6.07) is 0. The molecule has 0 amide bonds. The molecule has 0 saturated heterocycles. The Morgan fingerprint density at radius 2 is 2.00 bits per heavy atom. The van der Waals surface area contributed by atoms with Gasteiger partial charge in [0.1, 0.15) is 0 Å². The number of aliphatic hydroxyl groups excluding tert-OH is 1. The van der Waals surface area contributed by atoms with Crippen LogP contribution in [-0.4, -0.2) is 31.1 Å². The largest absolute Gasteiger partial charge is 0.466 e. The molecular formula is C9H20O4. The van der Waals surface area contributed by atoms with Crippen molar-refractivity contribution in [3.05, 3.63) is 0 Å². The molecule has 0 bridgehead atoms. The highest BCUT2D eigenvalue weighted by Crippen LogP contribution is 1.93. The molecule has 4 heteroatoms. The van der Waals surface area contributed by atoms with Crippen LogP contribution in [0.2, 0.25) is 0 Å². The van der Waals surface area contributed by atoms with Crippen LogP contribution in [0.25, 0.3) is 0 Å². The first-order chi connectivity index (χ1) is 6.08. The third-order valence-corrected chi connectivity index (χ3v) is 1.16. The number of carbonyl (C=O) groups excluding carboxylic acids is 1. The highest BCUT2D eigenvalue weighted by molar-refractivity contribution is 5.65. The number of aliphatic hydroxyl groups is 1. The van der Waals surface area contributed by atoms with Gasteiger partial charge in [-0.2, -0.15) is 0 Å². The summed E-state index contributed by atoms with van der Waals surface area (Å²) < 4.78 is 8.95. The maximum absolute atomic E-state index is 9.82. The average Bonchev–Trinajstić information content (AvgIpc) is 2.05. The lowest BCUT2D eigenvalue weighted by molar-refractivity contribution is -0.140. The van der Waals surface area contributed by atoms with E-state index in [4.69, 9.17) is 5.11 Å². The van der Waals surface area contributed by atoms with Gasteiger partial charge in [0, 0.05) is 14.0 Å². The van der Waals surface area contributed by atoms with Crippen LogP contribution in [-0.2, 0) is 14.3 Å². The summed E-state index contributed by atoms with van der Waals surface area (Å²) in [5, 5.41) is 8.64. The van der Waals surface area contributed by atoms with Gasteiger partial charge in [0.2, 0.25) is 0 Å². The topological polar surface area (TPSA) is 55.8 Å². The van der Waals surface area contributed by atoms with Crippen molar-refractivity contribution in [1.82, 2.24) is 0 Å². The standard InChI is InChI=1S/C5H12O2.C4H8O2/c1-3-4-5(6)7-2;1-3-6-4(2)5/h5-6H,3-4H2,1-2H3;3H2,1-2H3. The summed E-state index contributed by atoms with van der Waals surface area (Å²) >= 11 is 0. The van der Waals surface area contributed by atoms with Gasteiger partial charge in [-0.15, -0.1) is 0 Å². The minimum absolute atomic E-state index is 0.211. The predicted molar refractivity (Wildman–Crippen MR) is 50.2 cm³/mol. The van der Waals surface area contributed by atoms with Crippen LogP contribution < -0.4 is 0 Å². The van der Waals surface area contributed by atoms with Gasteiger partial charge >= 0.3 is 5.97 Å². The van der Waals surface area contributed by atoms with E-state index in [1.807, 2.05) is 6.92 Å². The highest BCUT2D eigenvalue weighted by Gasteiger charge is 1.94. The van der Waals surface area contributed by atoms with E-state index in [2.05, 4.69) is 9.47 Å². The number of ether oxygens (including phenoxy) is 2. The molecule has 0 aliphatic rings. The summed E-state index contributed by atoms with van der Waals surface area (Å²) in [6.07, 6.45) is 1.15. The molecule has 0 saturated carbocycles. The fourth-order valence-electron chi connectivity index (χ4n) is 0.568. The van der Waals surface area contributed by atoms with E-state index in [1.165, 1.54) is 14.0 Å². The molecule has 0 heterocycles. The number of hydrogen-bond donors (Lipinski definition) is 1. The van der Waals surface area contributed by atoms with Crippen molar-refractivity contribution in [2.75, 3.05) is 13.7 Å². The summed E-state index contributed by atoms with van der Waals surface area (Å²) in [6.45, 7) is 5.66. The maximum atomic E-state index is 9.82. The van der Waals surface area contributed by atoms with Gasteiger partial charge in [-0.1, -0.05) is 13.3 Å². The average molecular weight is 192 g/mol. The van der Waals surface area contributed by atoms with E-state index >= 15 is 0 Å². The molecule has 0 aromatic carbocycles. The van der Waals surface area contributed by atoms with E-state index in [0.717, 1.165) is 12.8 Å². The van der Waals surface area contributed by atoms with Gasteiger partial charge < -0.3 is 14.6 Å². The fourth-order valence-corrected chi connectivity index (χ4v) is 0.568. The number of rotatable bonds is 4. The van der Waals surface area contributed by atoms with E-state index in [-0.39, 0.29) is 5.97 Å². The molecule has 0 aromatic rings. The lowest BCUT2D eigenvalue weighted by Crippen LogP contribution is -2.06. The van der Waals surface area contributed by atoms with Gasteiger partial charge in [0.25, 0.3) is 0 Å². The first-order valence-electron chi connectivity index (χ1n) is 4.42. The van der Waals surface area contributed by atoms with Gasteiger partial charge in [-0.05, 0) is 13.3 Å². The van der Waals surface area contributed by atoms with Gasteiger partial charge in [0.05, 0.1) is 6.61 Å². The van der Waals surface area contributed by atoms with Crippen LogP contribution in [0.15, 0.2) is 0 Å². The van der Waals surface area contributed by atoms with Crippen molar-refractivity contribution < 1.29 is 19.4 Å². The molecule has 1 N–H and O–H groups in total. The van der Waals surface area contributed by atoms with Crippen LogP contribution in [0.1, 0.15) is 33.6 Å². The summed E-state index contributed by atoms with van der Waals surface area (Å²) in [4.78, 5) is 9.82. The second-order valence-electron chi connectivity index (χ2n) is 2.40. The zero-order valence-electron chi connectivity index (χ0n) is 8.87. The lowest BCUT2D eigenvalue weighted by Gasteiger charge is -2.03. The van der Waals surface area contributed by atoms with E-state index in [1.54, 1.807) is 6.92 Å². The molecule has 0 aliphatic heterocycles. The minimum atomic E-state index is -0.551. The molecule has 1 unspecified atom stereocenters. The molecule has 0 rings (SSSR count). The van der Waals surface area contributed by atoms with Gasteiger partial charge in [-0.3, -0.25) is 4.79 Å². The highest BCUT2D eigenvalue weighted by atomic mass is 16.6. The Hall–Kier alpha value is -0.610. The predicted octanol–water partition coefficient (Wildman–Crippen LogP) is 1.32. The van der Waals surface area contributed by atoms with Crippen LogP contribution in [0.3, 0.4) is 0 Å². The fraction of sp³-hybridized carbons (Fsp3) is 0.889. The van der Waals surface area contributed by atoms with Gasteiger partial charge in [-0.25, -0.2) is 0 Å². The normalized spacial score (nSPS) is 11.2. The summed E-state index contributed by atoms with van der Waals surface area (Å²) in [5.41, 5.74) is 0. The van der Waals surface area contributed by atoms with Crippen molar-refractivity contribution in [2.24, 2.45) is 0 Å². The number of esters is 1.